The number of para-hydroxylation sites is 1. The highest BCUT2D eigenvalue weighted by molar-refractivity contribution is 6.54. The van der Waals surface area contributed by atoms with Crippen LogP contribution in [0, 0.1) is 5.92 Å². The Labute approximate surface area is 125 Å². The summed E-state index contributed by atoms with van der Waals surface area (Å²) in [6.45, 7) is 2.63. The molecular formula is C17H21N3O. The number of hydrogen-bond acceptors (Lipinski definition) is 3. The van der Waals surface area contributed by atoms with E-state index in [1.54, 1.807) is 4.90 Å². The van der Waals surface area contributed by atoms with E-state index in [0.29, 0.717) is 18.2 Å². The Morgan fingerprint density at radius 1 is 1.24 bits per heavy atom. The molecule has 1 aliphatic carbocycles. The van der Waals surface area contributed by atoms with Crippen LogP contribution in [-0.2, 0) is 4.79 Å². The molecule has 0 bridgehead atoms. The summed E-state index contributed by atoms with van der Waals surface area (Å²) in [5.41, 5.74) is 2.31. The monoisotopic (exact) mass is 283 g/mol. The Balaban J connectivity index is 1.82. The summed E-state index contributed by atoms with van der Waals surface area (Å²) in [5.74, 6) is 0.483. The molecule has 0 atom stereocenters. The summed E-state index contributed by atoms with van der Waals surface area (Å²) in [6, 6.07) is 7.79. The van der Waals surface area contributed by atoms with Gasteiger partial charge in [0.05, 0.1) is 5.69 Å². The van der Waals surface area contributed by atoms with Crippen molar-refractivity contribution in [3.8, 4) is 0 Å². The zero-order valence-electron chi connectivity index (χ0n) is 12.5. The molecule has 1 amide bonds. The molecule has 0 saturated heterocycles. The topological polar surface area (TPSA) is 45.0 Å². The van der Waals surface area contributed by atoms with Gasteiger partial charge in [0.25, 0.3) is 5.91 Å². The van der Waals surface area contributed by atoms with E-state index in [2.05, 4.69) is 10.2 Å². The number of carbonyl (C=O) groups excluding carboxylic acids is 1. The second kappa shape index (κ2) is 6.20. The Bertz CT molecular complexity index is 585. The van der Waals surface area contributed by atoms with Gasteiger partial charge < -0.3 is 4.90 Å². The third kappa shape index (κ3) is 2.75. The standard InChI is InChI=1S/C17H21N3O/c1-2-20-15-11-7-6-10-14(15)16(17(20)21)19-18-12-13-8-4-3-5-9-13/h6-7,10-13H,2-5,8-9H2,1H3/b18-12-,19-16+. The van der Waals surface area contributed by atoms with E-state index >= 15 is 0 Å². The van der Waals surface area contributed by atoms with Crippen molar-refractivity contribution >= 4 is 23.5 Å². The summed E-state index contributed by atoms with van der Waals surface area (Å²) >= 11 is 0. The van der Waals surface area contributed by atoms with Gasteiger partial charge in [-0.3, -0.25) is 4.79 Å². The van der Waals surface area contributed by atoms with Gasteiger partial charge in [-0.1, -0.05) is 37.5 Å². The van der Waals surface area contributed by atoms with Crippen LogP contribution < -0.4 is 4.90 Å². The van der Waals surface area contributed by atoms with E-state index in [1.165, 1.54) is 32.1 Å². The Morgan fingerprint density at radius 2 is 2.00 bits per heavy atom. The fourth-order valence-electron chi connectivity index (χ4n) is 3.14. The van der Waals surface area contributed by atoms with Crippen LogP contribution in [0.1, 0.15) is 44.6 Å². The van der Waals surface area contributed by atoms with Gasteiger partial charge in [0.1, 0.15) is 0 Å². The first-order valence-electron chi connectivity index (χ1n) is 7.83. The quantitative estimate of drug-likeness (QED) is 0.619. The Hall–Kier alpha value is -1.97. The third-order valence-electron chi connectivity index (χ3n) is 4.30. The molecule has 21 heavy (non-hydrogen) atoms. The molecule has 1 fully saturated rings. The zero-order valence-corrected chi connectivity index (χ0v) is 12.5. The average Bonchev–Trinajstić information content (AvgIpc) is 2.80. The minimum absolute atomic E-state index is 0.0421. The molecule has 0 spiro atoms. The van der Waals surface area contributed by atoms with E-state index in [9.17, 15) is 4.79 Å². The highest BCUT2D eigenvalue weighted by Crippen LogP contribution is 2.29. The van der Waals surface area contributed by atoms with Gasteiger partial charge in [-0.25, -0.2) is 0 Å². The summed E-state index contributed by atoms with van der Waals surface area (Å²) < 4.78 is 0. The number of hydrogen-bond donors (Lipinski definition) is 0. The molecule has 110 valence electrons. The number of amides is 1. The molecule has 1 aromatic rings. The molecule has 1 heterocycles. The number of benzene rings is 1. The molecule has 0 radical (unpaired) electrons. The molecule has 0 aromatic heterocycles. The van der Waals surface area contributed by atoms with Gasteiger partial charge in [0.2, 0.25) is 0 Å². The molecule has 1 aliphatic heterocycles. The van der Waals surface area contributed by atoms with Gasteiger partial charge in [-0.15, -0.1) is 5.10 Å². The lowest BCUT2D eigenvalue weighted by Crippen LogP contribution is -2.29. The van der Waals surface area contributed by atoms with E-state index < -0.39 is 0 Å². The predicted molar refractivity (Wildman–Crippen MR) is 86.1 cm³/mol. The Morgan fingerprint density at radius 3 is 2.76 bits per heavy atom. The molecule has 4 nitrogen and oxygen atoms in total. The average molecular weight is 283 g/mol. The summed E-state index contributed by atoms with van der Waals surface area (Å²) in [6.07, 6.45) is 8.20. The van der Waals surface area contributed by atoms with E-state index in [4.69, 9.17) is 0 Å². The lowest BCUT2D eigenvalue weighted by Gasteiger charge is -2.16. The van der Waals surface area contributed by atoms with E-state index in [1.807, 2.05) is 37.4 Å². The second-order valence-electron chi connectivity index (χ2n) is 5.68. The minimum atomic E-state index is -0.0421. The molecule has 0 N–H and O–H groups in total. The van der Waals surface area contributed by atoms with E-state index in [-0.39, 0.29) is 5.91 Å². The molecule has 2 aliphatic rings. The fraction of sp³-hybridized carbons (Fsp3) is 0.471. The van der Waals surface area contributed by atoms with Crippen molar-refractivity contribution in [1.29, 1.82) is 0 Å². The largest absolute Gasteiger partial charge is 0.307 e. The van der Waals surface area contributed by atoms with Crippen molar-refractivity contribution in [3.05, 3.63) is 29.8 Å². The number of nitrogens with zero attached hydrogens (tertiary/aromatic N) is 3. The number of likely N-dealkylation sites (N-methyl/N-ethyl adjacent to an activating group) is 1. The van der Waals surface area contributed by atoms with Crippen LogP contribution in [0.2, 0.25) is 0 Å². The summed E-state index contributed by atoms with van der Waals surface area (Å²) in [5, 5.41) is 8.44. The van der Waals surface area contributed by atoms with Crippen molar-refractivity contribution < 1.29 is 4.79 Å². The molecule has 0 unspecified atom stereocenters. The lowest BCUT2D eigenvalue weighted by atomic mass is 9.90. The predicted octanol–water partition coefficient (Wildman–Crippen LogP) is 3.41. The molecule has 3 rings (SSSR count). The highest BCUT2D eigenvalue weighted by Gasteiger charge is 2.32. The zero-order chi connectivity index (χ0) is 14.7. The van der Waals surface area contributed by atoms with Crippen molar-refractivity contribution in [1.82, 2.24) is 0 Å². The van der Waals surface area contributed by atoms with Crippen molar-refractivity contribution in [2.24, 2.45) is 16.1 Å². The smallest absolute Gasteiger partial charge is 0.279 e. The number of rotatable bonds is 3. The van der Waals surface area contributed by atoms with Crippen LogP contribution in [0.3, 0.4) is 0 Å². The fourth-order valence-corrected chi connectivity index (χ4v) is 3.14. The number of fused-ring (bicyclic) bond motifs is 1. The van der Waals surface area contributed by atoms with Crippen LogP contribution in [0.25, 0.3) is 0 Å². The first-order valence-corrected chi connectivity index (χ1v) is 7.83. The van der Waals surface area contributed by atoms with Crippen LogP contribution in [0.15, 0.2) is 34.5 Å². The summed E-state index contributed by atoms with van der Waals surface area (Å²) in [7, 11) is 0. The maximum atomic E-state index is 12.4. The molecule has 1 saturated carbocycles. The van der Waals surface area contributed by atoms with Crippen LogP contribution in [0.5, 0.6) is 0 Å². The molecule has 4 heteroatoms. The van der Waals surface area contributed by atoms with Gasteiger partial charge in [0, 0.05) is 18.3 Å². The molecular weight excluding hydrogens is 262 g/mol. The van der Waals surface area contributed by atoms with Gasteiger partial charge in [-0.05, 0) is 31.7 Å². The van der Waals surface area contributed by atoms with Crippen molar-refractivity contribution in [2.45, 2.75) is 39.0 Å². The maximum Gasteiger partial charge on any atom is 0.279 e. The first kappa shape index (κ1) is 14.0. The third-order valence-corrected chi connectivity index (χ3v) is 4.30. The maximum absolute atomic E-state index is 12.4. The minimum Gasteiger partial charge on any atom is -0.307 e. The highest BCUT2D eigenvalue weighted by atomic mass is 16.2. The van der Waals surface area contributed by atoms with Gasteiger partial charge in [0.15, 0.2) is 5.71 Å². The van der Waals surface area contributed by atoms with Gasteiger partial charge in [-0.2, -0.15) is 5.10 Å². The lowest BCUT2D eigenvalue weighted by molar-refractivity contribution is -0.112. The van der Waals surface area contributed by atoms with Gasteiger partial charge >= 0.3 is 0 Å². The Kier molecular flexibility index (Phi) is 4.13. The summed E-state index contributed by atoms with van der Waals surface area (Å²) in [4.78, 5) is 14.2. The van der Waals surface area contributed by atoms with E-state index in [0.717, 1.165) is 11.3 Å². The second-order valence-corrected chi connectivity index (χ2v) is 5.68. The number of carbonyl (C=O) groups is 1. The van der Waals surface area contributed by atoms with Crippen molar-refractivity contribution in [2.75, 3.05) is 11.4 Å². The SMILES string of the molecule is CCN1C(=O)/C(=N/N=C\C2CCCCC2)c2ccccc21. The normalized spacial score (nSPS) is 21.5. The van der Waals surface area contributed by atoms with Crippen LogP contribution in [-0.4, -0.2) is 24.4 Å². The van der Waals surface area contributed by atoms with Crippen LogP contribution >= 0.6 is 0 Å². The van der Waals surface area contributed by atoms with Crippen molar-refractivity contribution in [3.63, 3.8) is 0 Å². The number of anilines is 1. The van der Waals surface area contributed by atoms with Crippen LogP contribution in [0.4, 0.5) is 5.69 Å². The first-order chi connectivity index (χ1) is 10.3. The molecule has 1 aromatic carbocycles.